The van der Waals surface area contributed by atoms with Crippen LogP contribution in [-0.4, -0.2) is 18.1 Å². The quantitative estimate of drug-likeness (QED) is 0.642. The summed E-state index contributed by atoms with van der Waals surface area (Å²) in [6, 6.07) is 7.07. The van der Waals surface area contributed by atoms with Gasteiger partial charge in [-0.05, 0) is 19.1 Å². The van der Waals surface area contributed by atoms with Crippen molar-refractivity contribution in [2.24, 2.45) is 0 Å². The molecule has 0 spiro atoms. The summed E-state index contributed by atoms with van der Waals surface area (Å²) in [5.41, 5.74) is 1.16. The number of benzene rings is 1. The van der Waals surface area contributed by atoms with Crippen molar-refractivity contribution in [2.75, 3.05) is 12.4 Å². The van der Waals surface area contributed by atoms with Crippen LogP contribution in [0, 0.1) is 0 Å². The summed E-state index contributed by atoms with van der Waals surface area (Å²) in [4.78, 5) is 11.9. The number of carbonyl (C=O) groups is 1. The minimum absolute atomic E-state index is 0.371. The van der Waals surface area contributed by atoms with Crippen molar-refractivity contribution >= 4 is 28.9 Å². The molecule has 0 unspecified atom stereocenters. The van der Waals surface area contributed by atoms with Crippen LogP contribution in [0.1, 0.15) is 45.0 Å². The van der Waals surface area contributed by atoms with Crippen molar-refractivity contribution in [3.63, 3.8) is 0 Å². The molecule has 0 fully saturated rings. The predicted molar refractivity (Wildman–Crippen MR) is 82.4 cm³/mol. The number of methoxy groups -OCH3 is 1. The second-order valence-corrected chi connectivity index (χ2v) is 3.33. The maximum absolute atomic E-state index is 11.3. The van der Waals surface area contributed by atoms with Crippen LogP contribution < -0.4 is 5.32 Å². The van der Waals surface area contributed by atoms with Crippen LogP contribution in [0.3, 0.4) is 0 Å². The summed E-state index contributed by atoms with van der Waals surface area (Å²) in [5, 5.41) is 2.92. The van der Waals surface area contributed by atoms with E-state index in [2.05, 4.69) is 10.1 Å². The summed E-state index contributed by atoms with van der Waals surface area (Å²) < 4.78 is 4.64. The standard InChI is InChI=1S/C10H11NO2S.2C2H6/c1-7(14)11-9-6-4-3-5-8(9)10(12)13-2;2*1-2/h3-6H,1-2H3,(H,11,14);2*1-2H3. The lowest BCUT2D eigenvalue weighted by Gasteiger charge is -2.08. The molecule has 4 heteroatoms. The van der Waals surface area contributed by atoms with E-state index in [1.54, 1.807) is 25.1 Å². The fourth-order valence-electron chi connectivity index (χ4n) is 1.07. The zero-order valence-electron chi connectivity index (χ0n) is 12.0. The Balaban J connectivity index is 0. The van der Waals surface area contributed by atoms with E-state index in [9.17, 15) is 4.79 Å². The molecule has 102 valence electrons. The van der Waals surface area contributed by atoms with Gasteiger partial charge in [0.1, 0.15) is 0 Å². The number of esters is 1. The minimum atomic E-state index is -0.371. The lowest BCUT2D eigenvalue weighted by atomic mass is 10.2. The van der Waals surface area contributed by atoms with E-state index >= 15 is 0 Å². The van der Waals surface area contributed by atoms with Crippen molar-refractivity contribution in [1.29, 1.82) is 0 Å². The van der Waals surface area contributed by atoms with Gasteiger partial charge in [-0.15, -0.1) is 0 Å². The number of carbonyl (C=O) groups excluding carboxylic acids is 1. The Hall–Kier alpha value is -1.42. The Labute approximate surface area is 116 Å². The Kier molecular flexibility index (Phi) is 12.7. The number of para-hydroxylation sites is 1. The van der Waals surface area contributed by atoms with Gasteiger partial charge >= 0.3 is 5.97 Å². The van der Waals surface area contributed by atoms with Crippen molar-refractivity contribution < 1.29 is 9.53 Å². The molecule has 0 aliphatic heterocycles. The summed E-state index contributed by atoms with van der Waals surface area (Å²) in [7, 11) is 1.35. The van der Waals surface area contributed by atoms with Gasteiger partial charge in [-0.25, -0.2) is 4.79 Å². The molecule has 0 bridgehead atoms. The summed E-state index contributed by atoms with van der Waals surface area (Å²) >= 11 is 4.90. The molecule has 1 N–H and O–H groups in total. The summed E-state index contributed by atoms with van der Waals surface area (Å²) in [6.07, 6.45) is 0. The smallest absolute Gasteiger partial charge is 0.339 e. The first kappa shape index (κ1) is 18.9. The largest absolute Gasteiger partial charge is 0.465 e. The first-order valence-electron chi connectivity index (χ1n) is 6.10. The highest BCUT2D eigenvalue weighted by Crippen LogP contribution is 2.15. The highest BCUT2D eigenvalue weighted by molar-refractivity contribution is 7.80. The number of thiocarbonyl (C=S) groups is 1. The van der Waals surface area contributed by atoms with Crippen molar-refractivity contribution in [2.45, 2.75) is 34.6 Å². The summed E-state index contributed by atoms with van der Waals surface area (Å²) in [5.74, 6) is -0.371. The van der Waals surface area contributed by atoms with Gasteiger partial charge in [0.05, 0.1) is 23.3 Å². The number of anilines is 1. The van der Waals surface area contributed by atoms with Gasteiger partial charge in [-0.1, -0.05) is 52.0 Å². The average molecular weight is 269 g/mol. The first-order chi connectivity index (χ1) is 8.65. The van der Waals surface area contributed by atoms with E-state index in [-0.39, 0.29) is 5.97 Å². The van der Waals surface area contributed by atoms with Crippen molar-refractivity contribution in [1.82, 2.24) is 0 Å². The van der Waals surface area contributed by atoms with Crippen LogP contribution in [0.15, 0.2) is 24.3 Å². The topological polar surface area (TPSA) is 38.3 Å². The fraction of sp³-hybridized carbons (Fsp3) is 0.429. The Morgan fingerprint density at radius 2 is 1.67 bits per heavy atom. The second kappa shape index (κ2) is 12.0. The van der Waals surface area contributed by atoms with E-state index < -0.39 is 0 Å². The number of hydrogen-bond acceptors (Lipinski definition) is 3. The van der Waals surface area contributed by atoms with Gasteiger partial charge in [-0.2, -0.15) is 0 Å². The maximum atomic E-state index is 11.3. The first-order valence-corrected chi connectivity index (χ1v) is 6.51. The van der Waals surface area contributed by atoms with Crippen molar-refractivity contribution in [3.05, 3.63) is 29.8 Å². The van der Waals surface area contributed by atoms with Crippen molar-refractivity contribution in [3.8, 4) is 0 Å². The number of hydrogen-bond donors (Lipinski definition) is 1. The molecule has 0 radical (unpaired) electrons. The van der Waals surface area contributed by atoms with Gasteiger partial charge in [0.2, 0.25) is 0 Å². The van der Waals surface area contributed by atoms with Gasteiger partial charge in [0.25, 0.3) is 0 Å². The molecule has 1 rings (SSSR count). The number of ether oxygens (including phenoxy) is 1. The Bertz CT molecular complexity index is 365. The fourth-order valence-corrected chi connectivity index (χ4v) is 1.18. The van der Waals surface area contributed by atoms with E-state index in [4.69, 9.17) is 12.2 Å². The Morgan fingerprint density at radius 1 is 1.17 bits per heavy atom. The molecule has 0 atom stereocenters. The SMILES string of the molecule is CC.CC.COC(=O)c1ccccc1NC(C)=S. The highest BCUT2D eigenvalue weighted by Gasteiger charge is 2.10. The van der Waals surface area contributed by atoms with E-state index in [0.29, 0.717) is 16.2 Å². The van der Waals surface area contributed by atoms with Gasteiger partial charge in [0.15, 0.2) is 0 Å². The van der Waals surface area contributed by atoms with Crippen LogP contribution >= 0.6 is 12.2 Å². The van der Waals surface area contributed by atoms with Crippen LogP contribution in [0.2, 0.25) is 0 Å². The molecule has 1 aromatic carbocycles. The highest BCUT2D eigenvalue weighted by atomic mass is 32.1. The average Bonchev–Trinajstić information content (AvgIpc) is 2.42. The molecule has 0 saturated carbocycles. The van der Waals surface area contributed by atoms with E-state index in [0.717, 1.165) is 0 Å². The van der Waals surface area contributed by atoms with Crippen LogP contribution in [-0.2, 0) is 4.74 Å². The molecule has 0 aliphatic rings. The van der Waals surface area contributed by atoms with Crippen LogP contribution in [0.25, 0.3) is 0 Å². The molecular formula is C14H23NO2S. The maximum Gasteiger partial charge on any atom is 0.339 e. The third-order valence-corrected chi connectivity index (χ3v) is 1.75. The molecule has 1 aromatic rings. The number of nitrogens with one attached hydrogen (secondary N) is 1. The van der Waals surface area contributed by atoms with Gasteiger partial charge in [-0.3, -0.25) is 0 Å². The molecule has 3 nitrogen and oxygen atoms in total. The predicted octanol–water partition coefficient (Wildman–Crippen LogP) is 4.28. The normalized spacial score (nSPS) is 7.89. The zero-order valence-corrected chi connectivity index (χ0v) is 12.9. The lowest BCUT2D eigenvalue weighted by Crippen LogP contribution is -2.10. The summed E-state index contributed by atoms with van der Waals surface area (Å²) in [6.45, 7) is 9.75. The number of rotatable bonds is 2. The van der Waals surface area contributed by atoms with E-state index in [1.807, 2.05) is 33.8 Å². The molecule has 0 heterocycles. The molecule has 0 aromatic heterocycles. The molecular weight excluding hydrogens is 246 g/mol. The third kappa shape index (κ3) is 7.01. The molecule has 0 aliphatic carbocycles. The Morgan fingerprint density at radius 3 is 2.11 bits per heavy atom. The van der Waals surface area contributed by atoms with Gasteiger partial charge < -0.3 is 10.1 Å². The van der Waals surface area contributed by atoms with Crippen LogP contribution in [0.4, 0.5) is 5.69 Å². The molecule has 0 amide bonds. The van der Waals surface area contributed by atoms with Crippen LogP contribution in [0.5, 0.6) is 0 Å². The zero-order chi connectivity index (χ0) is 14.6. The second-order valence-electron chi connectivity index (χ2n) is 2.72. The third-order valence-electron chi connectivity index (χ3n) is 1.64. The van der Waals surface area contributed by atoms with E-state index in [1.165, 1.54) is 7.11 Å². The molecule has 0 saturated heterocycles. The lowest BCUT2D eigenvalue weighted by molar-refractivity contribution is 0.0602. The minimum Gasteiger partial charge on any atom is -0.465 e. The molecule has 18 heavy (non-hydrogen) atoms. The monoisotopic (exact) mass is 269 g/mol. The van der Waals surface area contributed by atoms with Gasteiger partial charge in [0, 0.05) is 0 Å².